The van der Waals surface area contributed by atoms with Gasteiger partial charge in [0, 0.05) is 47.2 Å². The molecule has 39 heavy (non-hydrogen) atoms. The molecule has 4 heteroatoms. The summed E-state index contributed by atoms with van der Waals surface area (Å²) in [6.45, 7) is 1.08. The van der Waals surface area contributed by atoms with Crippen molar-refractivity contribution in [3.8, 4) is 5.75 Å². The molecule has 0 bridgehead atoms. The van der Waals surface area contributed by atoms with Crippen LogP contribution in [0.4, 0.5) is 0 Å². The second-order valence-electron chi connectivity index (χ2n) is 12.2. The molecule has 0 saturated carbocycles. The molecule has 5 atom stereocenters. The summed E-state index contributed by atoms with van der Waals surface area (Å²) in [4.78, 5) is 4.80. The van der Waals surface area contributed by atoms with E-state index in [0.29, 0.717) is 11.8 Å². The maximum absolute atomic E-state index is 6.91. The van der Waals surface area contributed by atoms with E-state index in [1.54, 1.807) is 0 Å². The average Bonchev–Trinajstić information content (AvgIpc) is 3.01. The lowest BCUT2D eigenvalue weighted by atomic mass is 9.50. The van der Waals surface area contributed by atoms with Crippen LogP contribution >= 0.6 is 0 Å². The number of fused-ring (bicyclic) bond motifs is 7. The van der Waals surface area contributed by atoms with Gasteiger partial charge in [0.1, 0.15) is 23.4 Å². The van der Waals surface area contributed by atoms with Gasteiger partial charge in [-0.3, -0.25) is 4.99 Å². The van der Waals surface area contributed by atoms with Crippen LogP contribution in [0.15, 0.2) is 99.8 Å². The number of ether oxygens (including phenoxy) is 2. The van der Waals surface area contributed by atoms with E-state index in [0.717, 1.165) is 63.0 Å². The molecule has 0 amide bonds. The number of allylic oxidation sites excluding steroid dienone is 8. The second kappa shape index (κ2) is 9.43. The highest BCUT2D eigenvalue weighted by Gasteiger charge is 2.60. The van der Waals surface area contributed by atoms with Crippen molar-refractivity contribution in [1.82, 2.24) is 5.32 Å². The predicted molar refractivity (Wildman–Crippen MR) is 155 cm³/mol. The molecule has 4 nitrogen and oxygen atoms in total. The Bertz CT molecular complexity index is 1410. The minimum absolute atomic E-state index is 0.124. The number of hydrogen-bond donors (Lipinski definition) is 1. The summed E-state index contributed by atoms with van der Waals surface area (Å²) in [5.74, 6) is 4.32. The van der Waals surface area contributed by atoms with E-state index < -0.39 is 0 Å². The van der Waals surface area contributed by atoms with E-state index in [9.17, 15) is 0 Å². The van der Waals surface area contributed by atoms with Crippen molar-refractivity contribution >= 4 is 6.21 Å². The van der Waals surface area contributed by atoms with Crippen LogP contribution in [0.5, 0.6) is 5.75 Å². The molecule has 200 valence electrons. The highest BCUT2D eigenvalue weighted by Crippen LogP contribution is 2.64. The van der Waals surface area contributed by atoms with Crippen molar-refractivity contribution in [1.29, 1.82) is 0 Å². The van der Waals surface area contributed by atoms with Gasteiger partial charge in [-0.05, 0) is 105 Å². The number of nitrogens with one attached hydrogen (secondary N) is 1. The fourth-order valence-corrected chi connectivity index (χ4v) is 8.56. The summed E-state index contributed by atoms with van der Waals surface area (Å²) < 4.78 is 13.8. The third-order valence-corrected chi connectivity index (χ3v) is 10.2. The molecule has 1 spiro atoms. The quantitative estimate of drug-likeness (QED) is 0.410. The van der Waals surface area contributed by atoms with E-state index in [1.807, 2.05) is 0 Å². The minimum Gasteiger partial charge on any atom is -0.489 e. The molecule has 3 aliphatic carbocycles. The summed E-state index contributed by atoms with van der Waals surface area (Å²) in [6, 6.07) is 8.92. The summed E-state index contributed by atoms with van der Waals surface area (Å²) in [7, 11) is 0. The lowest BCUT2D eigenvalue weighted by molar-refractivity contribution is 0.0200. The second-order valence-corrected chi connectivity index (χ2v) is 12.2. The maximum Gasteiger partial charge on any atom is 0.127 e. The van der Waals surface area contributed by atoms with Crippen LogP contribution in [0, 0.1) is 17.8 Å². The maximum atomic E-state index is 6.91. The Morgan fingerprint density at radius 2 is 1.92 bits per heavy atom. The molecule has 1 aromatic carbocycles. The Hall–Kier alpha value is -3.27. The van der Waals surface area contributed by atoms with Gasteiger partial charge in [-0.15, -0.1) is 0 Å². The van der Waals surface area contributed by atoms with Crippen molar-refractivity contribution < 1.29 is 9.47 Å². The van der Waals surface area contributed by atoms with Gasteiger partial charge in [-0.25, -0.2) is 0 Å². The van der Waals surface area contributed by atoms with Gasteiger partial charge < -0.3 is 14.8 Å². The van der Waals surface area contributed by atoms with Gasteiger partial charge in [0.15, 0.2) is 0 Å². The summed E-state index contributed by atoms with van der Waals surface area (Å²) in [6.07, 6.45) is 27.7. The van der Waals surface area contributed by atoms with Crippen molar-refractivity contribution in [3.05, 3.63) is 100 Å². The molecule has 0 fully saturated rings. The van der Waals surface area contributed by atoms with E-state index in [2.05, 4.69) is 72.4 Å². The van der Waals surface area contributed by atoms with Gasteiger partial charge >= 0.3 is 0 Å². The van der Waals surface area contributed by atoms with Crippen LogP contribution in [0.25, 0.3) is 0 Å². The van der Waals surface area contributed by atoms with Crippen LogP contribution in [0.3, 0.4) is 0 Å². The third-order valence-electron chi connectivity index (χ3n) is 10.2. The zero-order valence-electron chi connectivity index (χ0n) is 22.7. The molecule has 4 heterocycles. The van der Waals surface area contributed by atoms with Gasteiger partial charge in [-0.2, -0.15) is 0 Å². The summed E-state index contributed by atoms with van der Waals surface area (Å²) in [5.41, 5.74) is 6.86. The largest absolute Gasteiger partial charge is 0.489 e. The number of benzene rings is 1. The zero-order valence-corrected chi connectivity index (χ0v) is 22.7. The molecule has 1 aromatic rings. The number of rotatable bonds is 2. The first kappa shape index (κ1) is 23.6. The smallest absolute Gasteiger partial charge is 0.127 e. The monoisotopic (exact) mass is 518 g/mol. The molecule has 7 aliphatic rings. The van der Waals surface area contributed by atoms with Crippen molar-refractivity contribution in [2.24, 2.45) is 22.7 Å². The molecule has 0 radical (unpaired) electrons. The summed E-state index contributed by atoms with van der Waals surface area (Å²) in [5, 5.41) is 3.48. The fraction of sp³-hybridized carbons (Fsp3) is 0.457. The van der Waals surface area contributed by atoms with Gasteiger partial charge in [-0.1, -0.05) is 36.4 Å². The average molecular weight is 519 g/mol. The van der Waals surface area contributed by atoms with Gasteiger partial charge in [0.2, 0.25) is 0 Å². The third kappa shape index (κ3) is 3.67. The molecule has 1 N–H and O–H groups in total. The fourth-order valence-electron chi connectivity index (χ4n) is 8.56. The first-order valence-corrected chi connectivity index (χ1v) is 15.2. The summed E-state index contributed by atoms with van der Waals surface area (Å²) >= 11 is 0. The molecule has 0 aromatic heterocycles. The minimum atomic E-state index is -0.133. The van der Waals surface area contributed by atoms with Gasteiger partial charge in [0.25, 0.3) is 0 Å². The lowest BCUT2D eigenvalue weighted by Crippen LogP contribution is -2.56. The molecule has 8 rings (SSSR count). The van der Waals surface area contributed by atoms with Crippen LogP contribution in [0.2, 0.25) is 0 Å². The first-order valence-electron chi connectivity index (χ1n) is 15.2. The highest BCUT2D eigenvalue weighted by atomic mass is 16.5. The normalized spacial score (nSPS) is 34.6. The number of nitrogens with zero attached hydrogens (tertiary/aromatic N) is 1. The Morgan fingerprint density at radius 1 is 0.949 bits per heavy atom. The van der Waals surface area contributed by atoms with E-state index in [-0.39, 0.29) is 17.4 Å². The standard InChI is InChI=1S/C35H38N2O2/c1-3-12-31-26(9-1)35(28-16-14-23(20-33(28)38-31)25-8-7-18-36-22-25)27-10-2-4-13-32(27)39-34-21-24(15-17-29(34)35)30-11-5-6-19-37-30/h2,4,10-13,15,17,19-20,22,24,26,29,34,36H,1,3,5-9,14,16,18,21H2. The Kier molecular flexibility index (Phi) is 5.71. The van der Waals surface area contributed by atoms with E-state index >= 15 is 0 Å². The number of aliphatic imine (C=N–C) groups is 1. The van der Waals surface area contributed by atoms with Crippen LogP contribution in [0.1, 0.15) is 69.8 Å². The van der Waals surface area contributed by atoms with Crippen molar-refractivity contribution in [2.75, 3.05) is 6.54 Å². The van der Waals surface area contributed by atoms with Crippen LogP contribution in [-0.4, -0.2) is 18.9 Å². The van der Waals surface area contributed by atoms with Crippen molar-refractivity contribution in [3.63, 3.8) is 0 Å². The molecule has 5 unspecified atom stereocenters. The van der Waals surface area contributed by atoms with Crippen LogP contribution in [-0.2, 0) is 10.2 Å². The van der Waals surface area contributed by atoms with Crippen LogP contribution < -0.4 is 10.1 Å². The predicted octanol–water partition coefficient (Wildman–Crippen LogP) is 7.58. The van der Waals surface area contributed by atoms with Crippen molar-refractivity contribution in [2.45, 2.75) is 75.7 Å². The highest BCUT2D eigenvalue weighted by molar-refractivity contribution is 5.61. The Balaban J connectivity index is 1.32. The topological polar surface area (TPSA) is 42.8 Å². The van der Waals surface area contributed by atoms with Gasteiger partial charge in [0.05, 0.1) is 0 Å². The SMILES string of the molecule is C1=CC2C(CC1C1=CCCC=N1)Oc1ccccc1C21C2=C(C=C(C3=CNCCC3)CC2)OC2=CCCCC21. The number of para-hydroxylation sites is 1. The molecule has 0 saturated heterocycles. The number of hydrogen-bond acceptors (Lipinski definition) is 4. The van der Waals surface area contributed by atoms with E-state index in [1.165, 1.54) is 53.0 Å². The zero-order chi connectivity index (χ0) is 25.8. The van der Waals surface area contributed by atoms with E-state index in [4.69, 9.17) is 14.5 Å². The molecular formula is C35H38N2O2. The lowest BCUT2D eigenvalue weighted by Gasteiger charge is -2.58. The molecular weight excluding hydrogens is 480 g/mol. The Morgan fingerprint density at radius 3 is 2.82 bits per heavy atom. The first-order chi connectivity index (χ1) is 19.3. The Labute approximate surface area is 232 Å². The molecule has 4 aliphatic heterocycles.